The van der Waals surface area contributed by atoms with E-state index < -0.39 is 0 Å². The number of aliphatic hydroxyl groups is 1. The molecule has 1 amide bonds. The molecule has 3 atom stereocenters. The van der Waals surface area contributed by atoms with Gasteiger partial charge < -0.3 is 5.11 Å². The molecule has 0 aromatic heterocycles. The minimum atomic E-state index is -0.388. The molecule has 0 aromatic rings. The molecule has 68 valence electrons. The van der Waals surface area contributed by atoms with Crippen molar-refractivity contribution in [3.63, 3.8) is 0 Å². The monoisotopic (exact) mass is 171 g/mol. The largest absolute Gasteiger partial charge is 0.391 e. The third-order valence-corrected chi connectivity index (χ3v) is 2.86. The maximum absolute atomic E-state index is 11.3. The lowest BCUT2D eigenvalue weighted by Crippen LogP contribution is -2.39. The molecule has 0 unspecified atom stereocenters. The summed E-state index contributed by atoms with van der Waals surface area (Å²) in [6.45, 7) is 0. The maximum Gasteiger partial charge on any atom is 0.246 e. The van der Waals surface area contributed by atoms with Gasteiger partial charge in [-0.15, -0.1) is 0 Å². The predicted molar refractivity (Wildman–Crippen MR) is 41.0 cm³/mol. The molecule has 1 aliphatic carbocycles. The van der Waals surface area contributed by atoms with Gasteiger partial charge in [-0.1, -0.05) is 0 Å². The molecular weight excluding hydrogens is 158 g/mol. The van der Waals surface area contributed by atoms with Gasteiger partial charge in [-0.3, -0.25) is 9.63 Å². The summed E-state index contributed by atoms with van der Waals surface area (Å²) in [5.74, 6) is 0.318. The van der Waals surface area contributed by atoms with Crippen LogP contribution in [0, 0.1) is 5.92 Å². The van der Waals surface area contributed by atoms with Crippen molar-refractivity contribution in [2.45, 2.75) is 31.4 Å². The zero-order chi connectivity index (χ0) is 8.72. The van der Waals surface area contributed by atoms with E-state index in [1.807, 2.05) is 0 Å². The van der Waals surface area contributed by atoms with Crippen LogP contribution in [0.2, 0.25) is 0 Å². The highest BCUT2D eigenvalue weighted by molar-refractivity contribution is 5.78. The number of carbonyl (C=O) groups is 1. The van der Waals surface area contributed by atoms with Gasteiger partial charge in [-0.25, -0.2) is 5.06 Å². The first kappa shape index (κ1) is 8.01. The smallest absolute Gasteiger partial charge is 0.246 e. The molecule has 4 nitrogen and oxygen atoms in total. The third kappa shape index (κ3) is 0.949. The fraction of sp³-hybridized carbons (Fsp3) is 0.875. The average molecular weight is 171 g/mol. The number of hydrogen-bond donors (Lipinski definition) is 1. The molecule has 1 N–H and O–H groups in total. The van der Waals surface area contributed by atoms with Gasteiger partial charge in [0.25, 0.3) is 0 Å². The van der Waals surface area contributed by atoms with Gasteiger partial charge in [-0.05, 0) is 18.8 Å². The number of hydroxylamine groups is 2. The number of fused-ring (bicyclic) bond motifs is 1. The molecule has 0 spiro atoms. The molecule has 1 heterocycles. The first-order valence-corrected chi connectivity index (χ1v) is 4.28. The van der Waals surface area contributed by atoms with E-state index in [1.54, 1.807) is 0 Å². The number of amides is 1. The molecule has 2 rings (SSSR count). The van der Waals surface area contributed by atoms with E-state index in [0.29, 0.717) is 12.3 Å². The molecule has 4 heteroatoms. The van der Waals surface area contributed by atoms with Crippen molar-refractivity contribution >= 4 is 5.91 Å². The van der Waals surface area contributed by atoms with E-state index in [9.17, 15) is 9.90 Å². The van der Waals surface area contributed by atoms with Crippen molar-refractivity contribution in [1.29, 1.82) is 0 Å². The molecule has 0 aromatic carbocycles. The van der Waals surface area contributed by atoms with Crippen molar-refractivity contribution in [2.24, 2.45) is 5.92 Å². The fourth-order valence-electron chi connectivity index (χ4n) is 2.32. The van der Waals surface area contributed by atoms with Gasteiger partial charge in [0, 0.05) is 6.42 Å². The Morgan fingerprint density at radius 1 is 1.58 bits per heavy atom. The molecule has 0 bridgehead atoms. The predicted octanol–water partition coefficient (Wildman–Crippen LogP) is -0.0804. The van der Waals surface area contributed by atoms with Crippen molar-refractivity contribution < 1.29 is 14.7 Å². The molecule has 12 heavy (non-hydrogen) atoms. The van der Waals surface area contributed by atoms with Gasteiger partial charge in [-0.2, -0.15) is 0 Å². The second-order valence-corrected chi connectivity index (χ2v) is 3.50. The Bertz CT molecular complexity index is 206. The SMILES string of the molecule is CON1C(=O)C[C@@H]2CC[C@@H](O)[C@@H]21. The fourth-order valence-corrected chi connectivity index (χ4v) is 2.32. The van der Waals surface area contributed by atoms with Crippen LogP contribution in [-0.2, 0) is 9.63 Å². The lowest BCUT2D eigenvalue weighted by atomic mass is 10.0. The highest BCUT2D eigenvalue weighted by Crippen LogP contribution is 2.38. The Kier molecular flexibility index (Phi) is 1.81. The second-order valence-electron chi connectivity index (χ2n) is 3.50. The number of rotatable bonds is 1. The van der Waals surface area contributed by atoms with Crippen LogP contribution in [0.25, 0.3) is 0 Å². The molecule has 0 radical (unpaired) electrons. The second kappa shape index (κ2) is 2.71. The summed E-state index contributed by atoms with van der Waals surface area (Å²) in [6.07, 6.45) is 1.89. The number of hydrogen-bond acceptors (Lipinski definition) is 3. The molecular formula is C8H13NO3. The van der Waals surface area contributed by atoms with Crippen LogP contribution in [0.1, 0.15) is 19.3 Å². The molecule has 2 fully saturated rings. The summed E-state index contributed by atoms with van der Waals surface area (Å²) in [6, 6.07) is -0.0810. The standard InChI is InChI=1S/C8H13NO3/c1-12-9-7(11)4-5-2-3-6(10)8(5)9/h5-6,8,10H,2-4H2,1H3/t5-,6+,8+/m0/s1. The van der Waals surface area contributed by atoms with Crippen molar-refractivity contribution in [3.8, 4) is 0 Å². The Morgan fingerprint density at radius 3 is 3.00 bits per heavy atom. The van der Waals surface area contributed by atoms with Crippen LogP contribution in [0.4, 0.5) is 0 Å². The highest BCUT2D eigenvalue weighted by Gasteiger charge is 2.48. The van der Waals surface area contributed by atoms with Gasteiger partial charge in [0.15, 0.2) is 0 Å². The highest BCUT2D eigenvalue weighted by atomic mass is 16.7. The Labute approximate surface area is 71.1 Å². The van der Waals surface area contributed by atoms with E-state index in [0.717, 1.165) is 12.8 Å². The topological polar surface area (TPSA) is 49.8 Å². The lowest BCUT2D eigenvalue weighted by Gasteiger charge is -2.23. The van der Waals surface area contributed by atoms with Crippen molar-refractivity contribution in [1.82, 2.24) is 5.06 Å². The van der Waals surface area contributed by atoms with Crippen LogP contribution in [0.3, 0.4) is 0 Å². The van der Waals surface area contributed by atoms with Crippen LogP contribution in [0.5, 0.6) is 0 Å². The number of carbonyl (C=O) groups excluding carboxylic acids is 1. The van der Waals surface area contributed by atoms with E-state index in [-0.39, 0.29) is 18.1 Å². The van der Waals surface area contributed by atoms with Crippen molar-refractivity contribution in [2.75, 3.05) is 7.11 Å². The minimum Gasteiger partial charge on any atom is -0.391 e. The molecule has 1 aliphatic heterocycles. The maximum atomic E-state index is 11.3. The van der Waals surface area contributed by atoms with Crippen LogP contribution >= 0.6 is 0 Å². The third-order valence-electron chi connectivity index (χ3n) is 2.86. The average Bonchev–Trinajstić information content (AvgIpc) is 2.52. The van der Waals surface area contributed by atoms with E-state index in [1.165, 1.54) is 12.2 Å². The van der Waals surface area contributed by atoms with Gasteiger partial charge in [0.1, 0.15) is 0 Å². The summed E-state index contributed by atoms with van der Waals surface area (Å²) in [7, 11) is 1.48. The van der Waals surface area contributed by atoms with Gasteiger partial charge in [0.2, 0.25) is 5.91 Å². The van der Waals surface area contributed by atoms with Crippen molar-refractivity contribution in [3.05, 3.63) is 0 Å². The molecule has 1 saturated heterocycles. The number of nitrogens with zero attached hydrogens (tertiary/aromatic N) is 1. The van der Waals surface area contributed by atoms with Crippen LogP contribution in [0.15, 0.2) is 0 Å². The quantitative estimate of drug-likeness (QED) is 0.600. The summed E-state index contributed by atoms with van der Waals surface area (Å²) in [4.78, 5) is 16.2. The van der Waals surface area contributed by atoms with E-state index in [4.69, 9.17) is 4.84 Å². The van der Waals surface area contributed by atoms with E-state index in [2.05, 4.69) is 0 Å². The summed E-state index contributed by atoms with van der Waals surface area (Å²) < 4.78 is 0. The molecule has 1 saturated carbocycles. The first-order chi connectivity index (χ1) is 5.74. The Hall–Kier alpha value is -0.610. The lowest BCUT2D eigenvalue weighted by molar-refractivity contribution is -0.185. The Morgan fingerprint density at radius 2 is 2.33 bits per heavy atom. The summed E-state index contributed by atoms with van der Waals surface area (Å²) in [5, 5.41) is 10.9. The van der Waals surface area contributed by atoms with E-state index >= 15 is 0 Å². The minimum absolute atomic E-state index is 0.00579. The van der Waals surface area contributed by atoms with Gasteiger partial charge in [0.05, 0.1) is 19.3 Å². The molecule has 2 aliphatic rings. The zero-order valence-corrected chi connectivity index (χ0v) is 7.06. The Balaban J connectivity index is 2.18. The summed E-state index contributed by atoms with van der Waals surface area (Å²) in [5.41, 5.74) is 0. The number of aliphatic hydroxyl groups excluding tert-OH is 1. The van der Waals surface area contributed by atoms with Crippen LogP contribution in [-0.4, -0.2) is 35.3 Å². The van der Waals surface area contributed by atoms with Crippen LogP contribution < -0.4 is 0 Å². The first-order valence-electron chi connectivity index (χ1n) is 4.28. The normalized spacial score (nSPS) is 40.7. The summed E-state index contributed by atoms with van der Waals surface area (Å²) >= 11 is 0. The zero-order valence-electron chi connectivity index (χ0n) is 7.06. The van der Waals surface area contributed by atoms with Gasteiger partial charge >= 0.3 is 0 Å².